The van der Waals surface area contributed by atoms with Crippen molar-refractivity contribution in [2.24, 2.45) is 0 Å². The molecule has 0 atom stereocenters. The molecule has 4 amide bonds. The first kappa shape index (κ1) is 18.7. The van der Waals surface area contributed by atoms with E-state index in [2.05, 4.69) is 0 Å². The van der Waals surface area contributed by atoms with Crippen LogP contribution in [0.4, 0.5) is 0 Å². The fourth-order valence-corrected chi connectivity index (χ4v) is 0.166. The second-order valence-corrected chi connectivity index (χ2v) is 1.67. The van der Waals surface area contributed by atoms with Crippen LogP contribution in [0.2, 0.25) is 0 Å². The summed E-state index contributed by atoms with van der Waals surface area (Å²) in [4.78, 5) is 39.0. The molecule has 0 N–H and O–H groups in total. The van der Waals surface area contributed by atoms with Gasteiger partial charge in [-0.2, -0.15) is 25.6 Å². The third-order valence-electron chi connectivity index (χ3n) is 0.810. The quantitative estimate of drug-likeness (QED) is 0.437. The molecule has 0 saturated heterocycles. The van der Waals surface area contributed by atoms with E-state index in [9.17, 15) is 19.2 Å². The Morgan fingerprint density at radius 3 is 1.29 bits per heavy atom. The molecule has 0 aliphatic heterocycles. The largest absolute Gasteiger partial charge is 0.639 e. The third-order valence-corrected chi connectivity index (χ3v) is 0.810. The third kappa shape index (κ3) is 13.6. The fourth-order valence-electron chi connectivity index (χ4n) is 0.166. The van der Waals surface area contributed by atoms with Crippen LogP contribution in [-0.2, 0) is 40.2 Å². The van der Waals surface area contributed by atoms with Crippen molar-refractivity contribution >= 4 is 25.6 Å². The molecule has 0 aromatic rings. The van der Waals surface area contributed by atoms with Crippen LogP contribution in [-0.4, -0.2) is 49.0 Å². The van der Waals surface area contributed by atoms with Crippen LogP contribution in [0.3, 0.4) is 0 Å². The van der Waals surface area contributed by atoms with Crippen LogP contribution >= 0.6 is 0 Å². The predicted molar refractivity (Wildman–Crippen MR) is 42.9 cm³/mol. The van der Waals surface area contributed by atoms with Crippen LogP contribution in [0.25, 0.3) is 0 Å². The SMILES string of the molecule is CCN([C-]=O)[C-]=O.CN([C-]=O)[C-]=O.[W]. The Morgan fingerprint density at radius 1 is 0.929 bits per heavy atom. The number of carbonyl (C=O) groups excluding carboxylic acids is 4. The molecule has 0 aliphatic carbocycles. The summed E-state index contributed by atoms with van der Waals surface area (Å²) in [5, 5.41) is 0. The molecule has 6 nitrogen and oxygen atoms in total. The number of hydrogen-bond acceptors (Lipinski definition) is 4. The molecule has 7 heteroatoms. The molecule has 0 rings (SSSR count). The minimum absolute atomic E-state index is 0. The second kappa shape index (κ2) is 14.5. The van der Waals surface area contributed by atoms with E-state index >= 15 is 0 Å². The summed E-state index contributed by atoms with van der Waals surface area (Å²) in [7, 11) is 1.26. The van der Waals surface area contributed by atoms with Crippen molar-refractivity contribution in [3.05, 3.63) is 0 Å². The first-order chi connectivity index (χ1) is 6.15. The van der Waals surface area contributed by atoms with Gasteiger partial charge in [-0.25, -0.2) is 0 Å². The molecule has 14 heavy (non-hydrogen) atoms. The molecule has 0 heterocycles. The van der Waals surface area contributed by atoms with Gasteiger partial charge in [-0.3, -0.25) is 0 Å². The molecule has 0 aromatic carbocycles. The zero-order valence-corrected chi connectivity index (χ0v) is 10.6. The van der Waals surface area contributed by atoms with Crippen molar-refractivity contribution in [3.63, 3.8) is 0 Å². The normalized spacial score (nSPS) is 6.71. The van der Waals surface area contributed by atoms with Crippen molar-refractivity contribution in [2.45, 2.75) is 6.92 Å². The maximum Gasteiger partial charge on any atom is 0 e. The van der Waals surface area contributed by atoms with Gasteiger partial charge < -0.3 is 29.0 Å². The average Bonchev–Trinajstić information content (AvgIpc) is 2.20. The van der Waals surface area contributed by atoms with Gasteiger partial charge in [-0.05, 0) is 13.6 Å². The van der Waals surface area contributed by atoms with E-state index in [1.165, 1.54) is 32.7 Å². The molecule has 0 spiro atoms. The molecule has 80 valence electrons. The number of rotatable bonds is 5. The van der Waals surface area contributed by atoms with E-state index in [1.807, 2.05) is 0 Å². The van der Waals surface area contributed by atoms with Crippen LogP contribution in [0, 0.1) is 0 Å². The van der Waals surface area contributed by atoms with E-state index in [1.54, 1.807) is 6.92 Å². The minimum atomic E-state index is 0. The summed E-state index contributed by atoms with van der Waals surface area (Å²) in [6, 6.07) is 0. The van der Waals surface area contributed by atoms with Crippen molar-refractivity contribution in [1.82, 2.24) is 9.80 Å². The van der Waals surface area contributed by atoms with Gasteiger partial charge in [0.05, 0.1) is 0 Å². The van der Waals surface area contributed by atoms with Crippen molar-refractivity contribution in [3.8, 4) is 0 Å². The molecule has 0 radical (unpaired) electrons. The first-order valence-corrected chi connectivity index (χ1v) is 3.18. The molecule has 0 unspecified atom stereocenters. The first-order valence-electron chi connectivity index (χ1n) is 3.18. The van der Waals surface area contributed by atoms with Crippen molar-refractivity contribution in [2.75, 3.05) is 13.6 Å². The smallest absolute Gasteiger partial charge is 0 e. The fraction of sp³-hybridized carbons (Fsp3) is 0.429. The Labute approximate surface area is 96.5 Å². The molecular formula is C7H8N2O4W-4. The van der Waals surface area contributed by atoms with Gasteiger partial charge in [0.25, 0.3) is 0 Å². The summed E-state index contributed by atoms with van der Waals surface area (Å²) >= 11 is 0. The zero-order valence-electron chi connectivity index (χ0n) is 7.64. The van der Waals surface area contributed by atoms with E-state index in [0.717, 1.165) is 4.90 Å². The molecule has 0 aliphatic rings. The number of hydrogen-bond donors (Lipinski definition) is 0. The Kier molecular flexibility index (Phi) is 19.3. The Morgan fingerprint density at radius 2 is 1.29 bits per heavy atom. The topological polar surface area (TPSA) is 74.8 Å². The van der Waals surface area contributed by atoms with Crippen molar-refractivity contribution < 1.29 is 40.2 Å². The van der Waals surface area contributed by atoms with E-state index in [-0.39, 0.29) is 21.1 Å². The van der Waals surface area contributed by atoms with Gasteiger partial charge in [0, 0.05) is 21.1 Å². The molecule has 0 bridgehead atoms. The second-order valence-electron chi connectivity index (χ2n) is 1.67. The van der Waals surface area contributed by atoms with Crippen LogP contribution < -0.4 is 0 Å². The summed E-state index contributed by atoms with van der Waals surface area (Å²) < 4.78 is 0. The Balaban J connectivity index is -0.000000163. The number of nitrogens with zero attached hydrogens (tertiary/aromatic N) is 2. The van der Waals surface area contributed by atoms with Gasteiger partial charge in [0.15, 0.2) is 0 Å². The van der Waals surface area contributed by atoms with Crippen LogP contribution in [0.1, 0.15) is 6.92 Å². The minimum Gasteiger partial charge on any atom is -0.639 e. The van der Waals surface area contributed by atoms with Gasteiger partial charge in [0.1, 0.15) is 0 Å². The summed E-state index contributed by atoms with van der Waals surface area (Å²) in [6.07, 6.45) is 5.27. The van der Waals surface area contributed by atoms with E-state index in [4.69, 9.17) is 0 Å². The summed E-state index contributed by atoms with van der Waals surface area (Å²) in [5.41, 5.74) is 0. The standard InChI is InChI=1S/C4H5NO2.C3H3NO2.W/c1-2-5(3-6)4-7;1-4(2-5)3-6;/h2H2,1H3;1H3;/q2*-2;. The summed E-state index contributed by atoms with van der Waals surface area (Å²) in [5.74, 6) is 0. The van der Waals surface area contributed by atoms with E-state index < -0.39 is 0 Å². The van der Waals surface area contributed by atoms with Crippen LogP contribution in [0.5, 0.6) is 0 Å². The molecule has 0 aromatic heterocycles. The van der Waals surface area contributed by atoms with Crippen molar-refractivity contribution in [1.29, 1.82) is 0 Å². The predicted octanol–water partition coefficient (Wildman–Crippen LogP) is -1.51. The van der Waals surface area contributed by atoms with Crippen LogP contribution in [0.15, 0.2) is 0 Å². The zero-order chi connectivity index (χ0) is 10.7. The molecular weight excluding hydrogens is 360 g/mol. The molecule has 0 saturated carbocycles. The maximum absolute atomic E-state index is 9.51. The number of imide groups is 2. The number of amides is 4. The van der Waals surface area contributed by atoms with Gasteiger partial charge in [-0.15, -0.1) is 0 Å². The Hall–Kier alpha value is -1.03. The maximum atomic E-state index is 9.51. The van der Waals surface area contributed by atoms with Gasteiger partial charge in [0.2, 0.25) is 0 Å². The van der Waals surface area contributed by atoms with Gasteiger partial charge in [-0.1, -0.05) is 6.92 Å². The summed E-state index contributed by atoms with van der Waals surface area (Å²) in [6.45, 7) is 2.00. The molecule has 0 fully saturated rings. The average molecular weight is 368 g/mol. The Bertz CT molecular complexity index is 161. The monoisotopic (exact) mass is 368 g/mol. The van der Waals surface area contributed by atoms with Gasteiger partial charge >= 0.3 is 0 Å². The van der Waals surface area contributed by atoms with E-state index in [0.29, 0.717) is 11.4 Å².